The summed E-state index contributed by atoms with van der Waals surface area (Å²) in [4.78, 5) is 0.0610. The summed E-state index contributed by atoms with van der Waals surface area (Å²) in [6.07, 6.45) is 13.3. The molecule has 0 spiro atoms. The van der Waals surface area contributed by atoms with E-state index in [4.69, 9.17) is 3.07 Å². The SMILES string of the molecule is CCCCCCCCCCCCc1ccccc1S(=O)(=O)O.COI(c1ccccc1)c1ccccc1. The fourth-order valence-corrected chi connectivity index (χ4v) is 8.75. The molecule has 3 aromatic carbocycles. The standard InChI is InChI=1S/C18H30O3S.C13H13IO/c1-2-3-4-5-6-7-8-9-10-11-14-17-15-12-13-16-18(17)22(19,20)21;1-15-14(12-8-4-2-5-9-12)13-10-6-3-7-11-13/h12-13,15-16H,2-11,14H2,1H3,(H,19,20,21);2-11H,1H3. The van der Waals surface area contributed by atoms with Crippen LogP contribution in [0.1, 0.15) is 76.7 Å². The van der Waals surface area contributed by atoms with Gasteiger partial charge in [-0.25, -0.2) is 0 Å². The molecule has 204 valence electrons. The first-order valence-electron chi connectivity index (χ1n) is 13.4. The van der Waals surface area contributed by atoms with Gasteiger partial charge < -0.3 is 0 Å². The Balaban J connectivity index is 0.000000278. The summed E-state index contributed by atoms with van der Waals surface area (Å²) in [6.45, 7) is 2.24. The third kappa shape index (κ3) is 12.6. The fraction of sp³-hybridized carbons (Fsp3) is 0.419. The van der Waals surface area contributed by atoms with Crippen molar-refractivity contribution in [2.45, 2.75) is 82.4 Å². The summed E-state index contributed by atoms with van der Waals surface area (Å²) >= 11 is -1.62. The Labute approximate surface area is 232 Å². The second-order valence-corrected chi connectivity index (χ2v) is 15.2. The third-order valence-corrected chi connectivity index (χ3v) is 11.6. The molecule has 0 bridgehead atoms. The number of hydrogen-bond acceptors (Lipinski definition) is 3. The number of aryl methyl sites for hydroxylation is 1. The van der Waals surface area contributed by atoms with Gasteiger partial charge in [-0.2, -0.15) is 8.42 Å². The molecule has 0 aliphatic heterocycles. The molecular weight excluding hydrogens is 595 g/mol. The Morgan fingerprint density at radius 3 is 1.54 bits per heavy atom. The minimum atomic E-state index is -4.10. The predicted octanol–water partition coefficient (Wildman–Crippen LogP) is 9.19. The molecule has 37 heavy (non-hydrogen) atoms. The van der Waals surface area contributed by atoms with E-state index in [1.807, 2.05) is 25.3 Å². The summed E-state index contributed by atoms with van der Waals surface area (Å²) in [5.41, 5.74) is 0.726. The van der Waals surface area contributed by atoms with Crippen LogP contribution in [0.25, 0.3) is 0 Å². The van der Waals surface area contributed by atoms with Crippen molar-refractivity contribution >= 4 is 30.4 Å². The van der Waals surface area contributed by atoms with E-state index in [9.17, 15) is 13.0 Å². The normalized spacial score (nSPS) is 11.5. The van der Waals surface area contributed by atoms with Crippen molar-refractivity contribution in [1.82, 2.24) is 0 Å². The molecule has 0 aromatic heterocycles. The molecule has 0 heterocycles. The molecule has 4 nitrogen and oxygen atoms in total. The molecule has 0 aliphatic carbocycles. The predicted molar refractivity (Wildman–Crippen MR) is 163 cm³/mol. The van der Waals surface area contributed by atoms with Crippen LogP contribution in [-0.4, -0.2) is 20.1 Å². The van der Waals surface area contributed by atoms with E-state index >= 15 is 0 Å². The van der Waals surface area contributed by atoms with E-state index < -0.39 is 30.4 Å². The fourth-order valence-electron chi connectivity index (χ4n) is 4.13. The first-order valence-corrected chi connectivity index (χ1v) is 17.8. The van der Waals surface area contributed by atoms with Crippen LogP contribution < -0.4 is 0 Å². The summed E-state index contributed by atoms with van der Waals surface area (Å²) in [5, 5.41) is 0. The van der Waals surface area contributed by atoms with Gasteiger partial charge in [0.1, 0.15) is 0 Å². The van der Waals surface area contributed by atoms with Crippen molar-refractivity contribution in [3.8, 4) is 0 Å². The van der Waals surface area contributed by atoms with Gasteiger partial charge in [0.05, 0.1) is 4.90 Å². The van der Waals surface area contributed by atoms with Crippen LogP contribution >= 0.6 is 20.2 Å². The van der Waals surface area contributed by atoms with Crippen LogP contribution in [0.3, 0.4) is 0 Å². The van der Waals surface area contributed by atoms with Gasteiger partial charge >= 0.3 is 98.2 Å². The first kappa shape index (κ1) is 31.5. The molecule has 0 amide bonds. The van der Waals surface area contributed by atoms with Crippen LogP contribution in [0.5, 0.6) is 0 Å². The Bertz CT molecular complexity index is 1050. The zero-order valence-corrected chi connectivity index (χ0v) is 25.3. The minimum absolute atomic E-state index is 0.0610. The Hall–Kier alpha value is -1.74. The number of hydrogen-bond donors (Lipinski definition) is 1. The maximum absolute atomic E-state index is 11.3. The van der Waals surface area contributed by atoms with Gasteiger partial charge in [0.2, 0.25) is 0 Å². The van der Waals surface area contributed by atoms with Gasteiger partial charge in [0.25, 0.3) is 10.1 Å². The van der Waals surface area contributed by atoms with E-state index in [1.54, 1.807) is 12.1 Å². The first-order chi connectivity index (χ1) is 18.0. The molecule has 0 saturated heterocycles. The summed E-state index contributed by atoms with van der Waals surface area (Å²) in [6, 6.07) is 27.7. The van der Waals surface area contributed by atoms with Gasteiger partial charge in [0.15, 0.2) is 0 Å². The third-order valence-electron chi connectivity index (χ3n) is 6.07. The summed E-state index contributed by atoms with van der Waals surface area (Å²) < 4.78 is 40.2. The number of unbranched alkanes of at least 4 members (excludes halogenated alkanes) is 9. The van der Waals surface area contributed by atoms with Crippen LogP contribution in [0.2, 0.25) is 0 Å². The number of halogens is 1. The quantitative estimate of drug-likeness (QED) is 0.102. The Morgan fingerprint density at radius 1 is 0.649 bits per heavy atom. The number of benzene rings is 3. The van der Waals surface area contributed by atoms with Crippen LogP contribution in [0, 0.1) is 7.14 Å². The molecule has 0 radical (unpaired) electrons. The monoisotopic (exact) mass is 638 g/mol. The summed E-state index contributed by atoms with van der Waals surface area (Å²) in [7, 11) is -2.29. The van der Waals surface area contributed by atoms with Gasteiger partial charge in [-0.3, -0.25) is 4.55 Å². The molecule has 0 fully saturated rings. The van der Waals surface area contributed by atoms with E-state index in [2.05, 4.69) is 55.5 Å². The molecule has 1 N–H and O–H groups in total. The van der Waals surface area contributed by atoms with Crippen LogP contribution in [0.4, 0.5) is 0 Å². The summed E-state index contributed by atoms with van der Waals surface area (Å²) in [5.74, 6) is 0. The molecule has 0 aliphatic rings. The van der Waals surface area contributed by atoms with Crippen molar-refractivity contribution in [2.75, 3.05) is 7.11 Å². The van der Waals surface area contributed by atoms with E-state index in [1.165, 1.54) is 64.6 Å². The molecule has 3 rings (SSSR count). The zero-order chi connectivity index (χ0) is 26.8. The molecule has 0 saturated carbocycles. The molecule has 6 heteroatoms. The molecule has 0 unspecified atom stereocenters. The van der Waals surface area contributed by atoms with Crippen molar-refractivity contribution in [3.63, 3.8) is 0 Å². The van der Waals surface area contributed by atoms with E-state index in [0.717, 1.165) is 18.4 Å². The van der Waals surface area contributed by atoms with E-state index in [0.29, 0.717) is 6.42 Å². The van der Waals surface area contributed by atoms with Gasteiger partial charge in [-0.15, -0.1) is 0 Å². The van der Waals surface area contributed by atoms with Crippen molar-refractivity contribution in [3.05, 3.63) is 97.6 Å². The van der Waals surface area contributed by atoms with Gasteiger partial charge in [-0.1, -0.05) is 82.9 Å². The van der Waals surface area contributed by atoms with Gasteiger partial charge in [-0.05, 0) is 24.5 Å². The topological polar surface area (TPSA) is 63.6 Å². The second-order valence-electron chi connectivity index (χ2n) is 9.01. The Kier molecular flexibility index (Phi) is 15.7. The van der Waals surface area contributed by atoms with Crippen LogP contribution in [0.15, 0.2) is 89.8 Å². The van der Waals surface area contributed by atoms with Crippen molar-refractivity contribution < 1.29 is 16.0 Å². The van der Waals surface area contributed by atoms with Crippen molar-refractivity contribution in [1.29, 1.82) is 0 Å². The Morgan fingerprint density at radius 2 is 1.08 bits per heavy atom. The average Bonchev–Trinajstić information content (AvgIpc) is 2.91. The average molecular weight is 639 g/mol. The second kappa shape index (κ2) is 18.5. The maximum atomic E-state index is 11.3. The van der Waals surface area contributed by atoms with Crippen molar-refractivity contribution in [2.24, 2.45) is 0 Å². The molecule has 3 aromatic rings. The number of rotatable bonds is 15. The molecule has 0 atom stereocenters. The van der Waals surface area contributed by atoms with E-state index in [-0.39, 0.29) is 4.90 Å². The van der Waals surface area contributed by atoms with Gasteiger partial charge in [0, 0.05) is 0 Å². The molecular formula is C31H43IO4S. The zero-order valence-electron chi connectivity index (χ0n) is 22.3. The van der Waals surface area contributed by atoms with Crippen LogP contribution in [-0.2, 0) is 19.6 Å².